The highest BCUT2D eigenvalue weighted by atomic mass is 32.2. The highest BCUT2D eigenvalue weighted by Gasteiger charge is 2.33. The van der Waals surface area contributed by atoms with E-state index in [-0.39, 0.29) is 18.2 Å². The SMILES string of the molecule is CCc1ccc(C=C2SC(=S)N(NC(=O)Cc3ccccc3)C2=O)cc1. The Kier molecular flexibility index (Phi) is 5.85. The second-order valence-electron chi connectivity index (χ2n) is 5.81. The molecule has 132 valence electrons. The van der Waals surface area contributed by atoms with Crippen molar-refractivity contribution in [1.82, 2.24) is 10.4 Å². The Morgan fingerprint density at radius 2 is 1.81 bits per heavy atom. The van der Waals surface area contributed by atoms with Gasteiger partial charge >= 0.3 is 0 Å². The van der Waals surface area contributed by atoms with Gasteiger partial charge in [-0.05, 0) is 41.4 Å². The smallest absolute Gasteiger partial charge is 0.273 e. The largest absolute Gasteiger partial charge is 0.285 e. The number of carbonyl (C=O) groups excluding carboxylic acids is 2. The number of thiocarbonyl (C=S) groups is 1. The molecule has 1 N–H and O–H groups in total. The summed E-state index contributed by atoms with van der Waals surface area (Å²) in [5.74, 6) is -0.581. The Balaban J connectivity index is 1.68. The van der Waals surface area contributed by atoms with E-state index in [0.717, 1.165) is 22.6 Å². The fourth-order valence-corrected chi connectivity index (χ4v) is 3.69. The molecule has 0 unspecified atom stereocenters. The summed E-state index contributed by atoms with van der Waals surface area (Å²) in [6.45, 7) is 2.10. The highest BCUT2D eigenvalue weighted by molar-refractivity contribution is 8.26. The Morgan fingerprint density at radius 1 is 1.12 bits per heavy atom. The van der Waals surface area contributed by atoms with Gasteiger partial charge in [-0.2, -0.15) is 5.01 Å². The summed E-state index contributed by atoms with van der Waals surface area (Å²) in [6.07, 6.45) is 2.95. The Bertz CT molecular complexity index is 861. The summed E-state index contributed by atoms with van der Waals surface area (Å²) >= 11 is 6.43. The number of benzene rings is 2. The molecule has 3 rings (SSSR count). The van der Waals surface area contributed by atoms with Crippen LogP contribution in [0, 0.1) is 0 Å². The topological polar surface area (TPSA) is 49.4 Å². The summed E-state index contributed by atoms with van der Waals surface area (Å²) < 4.78 is 0.327. The van der Waals surface area contributed by atoms with Crippen LogP contribution in [0.25, 0.3) is 6.08 Å². The number of rotatable bonds is 5. The van der Waals surface area contributed by atoms with E-state index in [0.29, 0.717) is 9.23 Å². The van der Waals surface area contributed by atoms with Gasteiger partial charge in [0.25, 0.3) is 5.91 Å². The average Bonchev–Trinajstić information content (AvgIpc) is 2.90. The number of amides is 2. The van der Waals surface area contributed by atoms with E-state index in [4.69, 9.17) is 12.2 Å². The van der Waals surface area contributed by atoms with E-state index in [2.05, 4.69) is 12.3 Å². The molecule has 0 aliphatic carbocycles. The van der Waals surface area contributed by atoms with E-state index >= 15 is 0 Å². The predicted molar refractivity (Wildman–Crippen MR) is 109 cm³/mol. The Morgan fingerprint density at radius 3 is 2.46 bits per heavy atom. The first-order chi connectivity index (χ1) is 12.6. The van der Waals surface area contributed by atoms with Crippen LogP contribution < -0.4 is 5.43 Å². The number of hydrogen-bond acceptors (Lipinski definition) is 4. The molecule has 0 aromatic heterocycles. The molecule has 1 fully saturated rings. The molecule has 1 saturated heterocycles. The van der Waals surface area contributed by atoms with Crippen molar-refractivity contribution in [1.29, 1.82) is 0 Å². The minimum Gasteiger partial charge on any atom is -0.273 e. The van der Waals surface area contributed by atoms with E-state index < -0.39 is 0 Å². The third-order valence-corrected chi connectivity index (χ3v) is 5.23. The second kappa shape index (κ2) is 8.29. The molecule has 2 aromatic carbocycles. The molecule has 2 amide bonds. The van der Waals surface area contributed by atoms with Gasteiger partial charge in [-0.15, -0.1) is 0 Å². The van der Waals surface area contributed by atoms with Crippen LogP contribution in [0.1, 0.15) is 23.6 Å². The summed E-state index contributed by atoms with van der Waals surface area (Å²) in [7, 11) is 0. The fraction of sp³-hybridized carbons (Fsp3) is 0.150. The summed E-state index contributed by atoms with van der Waals surface area (Å²) in [5.41, 5.74) is 5.65. The quantitative estimate of drug-likeness (QED) is 0.632. The zero-order valence-corrected chi connectivity index (χ0v) is 15.9. The lowest BCUT2D eigenvalue weighted by molar-refractivity contribution is -0.132. The van der Waals surface area contributed by atoms with Crippen molar-refractivity contribution in [3.05, 3.63) is 76.2 Å². The van der Waals surface area contributed by atoms with Crippen molar-refractivity contribution in [2.75, 3.05) is 0 Å². The normalized spacial score (nSPS) is 15.6. The third-order valence-electron chi connectivity index (χ3n) is 3.92. The van der Waals surface area contributed by atoms with Crippen molar-refractivity contribution in [2.45, 2.75) is 19.8 Å². The number of aryl methyl sites for hydroxylation is 1. The van der Waals surface area contributed by atoms with Gasteiger partial charge in [0.2, 0.25) is 5.91 Å². The van der Waals surface area contributed by atoms with Crippen LogP contribution in [0.5, 0.6) is 0 Å². The number of hydrogen-bond donors (Lipinski definition) is 1. The van der Waals surface area contributed by atoms with Crippen LogP contribution in [0.3, 0.4) is 0 Å². The number of carbonyl (C=O) groups is 2. The van der Waals surface area contributed by atoms with Gasteiger partial charge < -0.3 is 0 Å². The minimum absolute atomic E-state index is 0.190. The first-order valence-corrected chi connectivity index (χ1v) is 9.49. The van der Waals surface area contributed by atoms with Crippen LogP contribution in [0.2, 0.25) is 0 Å². The first kappa shape index (κ1) is 18.4. The van der Waals surface area contributed by atoms with Crippen LogP contribution in [0.15, 0.2) is 59.5 Å². The van der Waals surface area contributed by atoms with Crippen molar-refractivity contribution in [3.63, 3.8) is 0 Å². The molecular weight excluding hydrogens is 364 g/mol. The van der Waals surface area contributed by atoms with Crippen LogP contribution >= 0.6 is 24.0 Å². The molecular formula is C20H18N2O2S2. The monoisotopic (exact) mass is 382 g/mol. The fourth-order valence-electron chi connectivity index (χ4n) is 2.51. The molecule has 0 bridgehead atoms. The van der Waals surface area contributed by atoms with Gasteiger partial charge in [-0.3, -0.25) is 15.0 Å². The molecule has 2 aromatic rings. The highest BCUT2D eigenvalue weighted by Crippen LogP contribution is 2.31. The van der Waals surface area contributed by atoms with Gasteiger partial charge in [-0.25, -0.2) is 0 Å². The van der Waals surface area contributed by atoms with Gasteiger partial charge in [0.1, 0.15) is 0 Å². The molecule has 0 spiro atoms. The Labute approximate surface area is 162 Å². The summed E-state index contributed by atoms with van der Waals surface area (Å²) in [4.78, 5) is 25.3. The lowest BCUT2D eigenvalue weighted by atomic mass is 10.1. The number of nitrogens with one attached hydrogen (secondary N) is 1. The molecule has 0 radical (unpaired) electrons. The minimum atomic E-state index is -0.305. The van der Waals surface area contributed by atoms with E-state index in [1.807, 2.05) is 54.6 Å². The van der Waals surface area contributed by atoms with Crippen molar-refractivity contribution in [2.24, 2.45) is 0 Å². The van der Waals surface area contributed by atoms with Crippen molar-refractivity contribution in [3.8, 4) is 0 Å². The maximum atomic E-state index is 12.6. The van der Waals surface area contributed by atoms with Crippen LogP contribution in [0.4, 0.5) is 0 Å². The third kappa shape index (κ3) is 4.39. The van der Waals surface area contributed by atoms with E-state index in [1.54, 1.807) is 6.08 Å². The predicted octanol–water partition coefficient (Wildman–Crippen LogP) is 3.72. The molecule has 0 saturated carbocycles. The van der Waals surface area contributed by atoms with Gasteiger partial charge in [0, 0.05) is 0 Å². The lowest BCUT2D eigenvalue weighted by Crippen LogP contribution is -2.45. The lowest BCUT2D eigenvalue weighted by Gasteiger charge is -2.15. The molecule has 1 heterocycles. The molecule has 1 aliphatic heterocycles. The van der Waals surface area contributed by atoms with Crippen molar-refractivity contribution < 1.29 is 9.59 Å². The number of nitrogens with zero attached hydrogens (tertiary/aromatic N) is 1. The summed E-state index contributed by atoms with van der Waals surface area (Å²) in [5, 5.41) is 1.15. The van der Waals surface area contributed by atoms with Crippen LogP contribution in [-0.2, 0) is 22.4 Å². The zero-order valence-electron chi connectivity index (χ0n) is 14.3. The van der Waals surface area contributed by atoms with Gasteiger partial charge in [0.15, 0.2) is 4.32 Å². The Hall–Kier alpha value is -2.44. The van der Waals surface area contributed by atoms with E-state index in [9.17, 15) is 9.59 Å². The number of thioether (sulfide) groups is 1. The van der Waals surface area contributed by atoms with Crippen LogP contribution in [-0.4, -0.2) is 21.1 Å². The molecule has 1 aliphatic rings. The van der Waals surface area contributed by atoms with Crippen molar-refractivity contribution >= 4 is 46.2 Å². The maximum absolute atomic E-state index is 12.6. The van der Waals surface area contributed by atoms with E-state index in [1.165, 1.54) is 17.3 Å². The first-order valence-electron chi connectivity index (χ1n) is 8.27. The van der Waals surface area contributed by atoms with Gasteiger partial charge in [0.05, 0.1) is 11.3 Å². The molecule has 0 atom stereocenters. The maximum Gasteiger partial charge on any atom is 0.285 e. The molecule has 26 heavy (non-hydrogen) atoms. The summed E-state index contributed by atoms with van der Waals surface area (Å²) in [6, 6.07) is 17.4. The average molecular weight is 383 g/mol. The second-order valence-corrected chi connectivity index (χ2v) is 7.49. The zero-order chi connectivity index (χ0) is 18.5. The molecule has 6 heteroatoms. The molecule has 4 nitrogen and oxygen atoms in total. The number of hydrazine groups is 1. The standard InChI is InChI=1S/C20H18N2O2S2/c1-2-14-8-10-16(11-9-14)12-17-19(24)22(20(25)26-17)21-18(23)13-15-6-4-3-5-7-15/h3-12H,2,13H2,1H3,(H,21,23). The van der Waals surface area contributed by atoms with Gasteiger partial charge in [-0.1, -0.05) is 73.3 Å².